The highest BCUT2D eigenvalue weighted by atomic mass is 16.5. The van der Waals surface area contributed by atoms with E-state index in [1.165, 1.54) is 6.92 Å². The minimum absolute atomic E-state index is 0.0176. The maximum absolute atomic E-state index is 12.6. The number of anilines is 1. The van der Waals surface area contributed by atoms with E-state index in [-0.39, 0.29) is 24.0 Å². The predicted molar refractivity (Wildman–Crippen MR) is 108 cm³/mol. The van der Waals surface area contributed by atoms with Crippen LogP contribution in [0.25, 0.3) is 0 Å². The number of hydrogen-bond donors (Lipinski definition) is 2. The molecule has 28 heavy (non-hydrogen) atoms. The zero-order valence-corrected chi connectivity index (χ0v) is 16.2. The Balaban J connectivity index is 1.64. The summed E-state index contributed by atoms with van der Waals surface area (Å²) in [7, 11) is 0. The molecule has 0 saturated carbocycles. The molecule has 1 heterocycles. The van der Waals surface area contributed by atoms with Gasteiger partial charge in [0.2, 0.25) is 5.91 Å². The molecule has 2 atom stereocenters. The van der Waals surface area contributed by atoms with E-state index >= 15 is 0 Å². The first-order valence-electron chi connectivity index (χ1n) is 9.58. The Hall–Kier alpha value is -2.86. The quantitative estimate of drug-likeness (QED) is 0.799. The molecule has 0 spiro atoms. The van der Waals surface area contributed by atoms with Crippen molar-refractivity contribution in [3.63, 3.8) is 0 Å². The molecule has 3 rings (SSSR count). The molecule has 1 saturated heterocycles. The fraction of sp³-hybridized carbons (Fsp3) is 0.364. The number of rotatable bonds is 6. The number of carbonyl (C=O) groups is 2. The van der Waals surface area contributed by atoms with E-state index in [2.05, 4.69) is 10.6 Å². The highest BCUT2D eigenvalue weighted by molar-refractivity contribution is 6.06. The van der Waals surface area contributed by atoms with Gasteiger partial charge in [-0.3, -0.25) is 9.59 Å². The first-order chi connectivity index (χ1) is 13.6. The molecule has 2 aromatic carbocycles. The van der Waals surface area contributed by atoms with Crippen LogP contribution in [0.1, 0.15) is 48.7 Å². The Bertz CT molecular complexity index is 820. The molecule has 148 valence electrons. The highest BCUT2D eigenvalue weighted by Crippen LogP contribution is 2.29. The number of benzene rings is 2. The van der Waals surface area contributed by atoms with Crippen molar-refractivity contribution in [3.8, 4) is 5.75 Å². The number of carbonyl (C=O) groups excluding carboxylic acids is 2. The number of nitrogens with one attached hydrogen (secondary N) is 2. The first-order valence-corrected chi connectivity index (χ1v) is 9.58. The zero-order valence-electron chi connectivity index (χ0n) is 16.2. The lowest BCUT2D eigenvalue weighted by Crippen LogP contribution is -2.38. The van der Waals surface area contributed by atoms with Crippen molar-refractivity contribution in [1.82, 2.24) is 5.32 Å². The highest BCUT2D eigenvalue weighted by Gasteiger charge is 2.24. The van der Waals surface area contributed by atoms with Crippen LogP contribution in [0, 0.1) is 0 Å². The Labute approximate surface area is 165 Å². The van der Waals surface area contributed by atoms with Gasteiger partial charge in [-0.05, 0) is 49.6 Å². The van der Waals surface area contributed by atoms with Crippen LogP contribution < -0.4 is 15.4 Å². The Morgan fingerprint density at radius 2 is 1.89 bits per heavy atom. The molecular formula is C22H26N2O4. The maximum atomic E-state index is 12.6. The molecule has 6 heteroatoms. The molecule has 1 aliphatic heterocycles. The van der Waals surface area contributed by atoms with Gasteiger partial charge in [-0.25, -0.2) is 0 Å². The molecule has 2 N–H and O–H groups in total. The Kier molecular flexibility index (Phi) is 6.66. The number of hydrogen-bond acceptors (Lipinski definition) is 4. The van der Waals surface area contributed by atoms with Crippen molar-refractivity contribution in [3.05, 3.63) is 59.7 Å². The monoisotopic (exact) mass is 382 g/mol. The van der Waals surface area contributed by atoms with Gasteiger partial charge >= 0.3 is 0 Å². The van der Waals surface area contributed by atoms with Gasteiger partial charge in [0.1, 0.15) is 5.75 Å². The standard InChI is InChI=1S/C22H26N2O4/c1-3-27-20-7-5-4-6-19(20)22(26)24-17-10-8-16(9-11-17)21-14-18(12-13-28-21)23-15(2)25/h4-11,18,21H,3,12-14H2,1-2H3,(H,23,25)(H,24,26)/t18-,21+/m1/s1. The first kappa shape index (κ1) is 19.9. The summed E-state index contributed by atoms with van der Waals surface area (Å²) >= 11 is 0. The topological polar surface area (TPSA) is 76.7 Å². The minimum Gasteiger partial charge on any atom is -0.493 e. The van der Waals surface area contributed by atoms with E-state index in [1.807, 2.05) is 43.3 Å². The largest absolute Gasteiger partial charge is 0.493 e. The summed E-state index contributed by atoms with van der Waals surface area (Å²) in [5.41, 5.74) is 2.24. The van der Waals surface area contributed by atoms with Gasteiger partial charge in [-0.15, -0.1) is 0 Å². The molecule has 2 amide bonds. The van der Waals surface area contributed by atoms with Gasteiger partial charge in [-0.2, -0.15) is 0 Å². The summed E-state index contributed by atoms with van der Waals surface area (Å²) in [6.45, 7) is 4.53. The molecule has 0 aliphatic carbocycles. The van der Waals surface area contributed by atoms with Crippen LogP contribution >= 0.6 is 0 Å². The van der Waals surface area contributed by atoms with E-state index in [0.29, 0.717) is 30.2 Å². The van der Waals surface area contributed by atoms with Gasteiger partial charge < -0.3 is 20.1 Å². The van der Waals surface area contributed by atoms with Crippen molar-refractivity contribution < 1.29 is 19.1 Å². The van der Waals surface area contributed by atoms with Gasteiger partial charge in [-0.1, -0.05) is 24.3 Å². The molecule has 1 aliphatic rings. The van der Waals surface area contributed by atoms with Gasteiger partial charge in [0.05, 0.1) is 18.3 Å². The normalized spacial score (nSPS) is 18.9. The molecule has 2 aromatic rings. The van der Waals surface area contributed by atoms with E-state index in [4.69, 9.17) is 9.47 Å². The molecule has 6 nitrogen and oxygen atoms in total. The summed E-state index contributed by atoms with van der Waals surface area (Å²) in [4.78, 5) is 23.9. The fourth-order valence-corrected chi connectivity index (χ4v) is 3.36. The van der Waals surface area contributed by atoms with Crippen LogP contribution in [0.5, 0.6) is 5.75 Å². The van der Waals surface area contributed by atoms with Crippen molar-refractivity contribution in [1.29, 1.82) is 0 Å². The lowest BCUT2D eigenvalue weighted by Gasteiger charge is -2.30. The van der Waals surface area contributed by atoms with Crippen molar-refractivity contribution in [2.75, 3.05) is 18.5 Å². The average molecular weight is 382 g/mol. The van der Waals surface area contributed by atoms with Crippen LogP contribution in [0.3, 0.4) is 0 Å². The summed E-state index contributed by atoms with van der Waals surface area (Å²) in [6, 6.07) is 14.9. The van der Waals surface area contributed by atoms with Crippen LogP contribution in [-0.4, -0.2) is 31.1 Å². The van der Waals surface area contributed by atoms with Gasteiger partial charge in [0.25, 0.3) is 5.91 Å². The smallest absolute Gasteiger partial charge is 0.259 e. The molecule has 0 unspecified atom stereocenters. The zero-order chi connectivity index (χ0) is 19.9. The second kappa shape index (κ2) is 9.37. The second-order valence-electron chi connectivity index (χ2n) is 6.79. The Morgan fingerprint density at radius 3 is 2.61 bits per heavy atom. The van der Waals surface area contributed by atoms with E-state index in [1.54, 1.807) is 12.1 Å². The summed E-state index contributed by atoms with van der Waals surface area (Å²) < 4.78 is 11.4. The number of amides is 2. The third-order valence-electron chi connectivity index (χ3n) is 4.66. The second-order valence-corrected chi connectivity index (χ2v) is 6.79. The SMILES string of the molecule is CCOc1ccccc1C(=O)Nc1ccc([C@@H]2C[C@H](NC(C)=O)CCO2)cc1. The van der Waals surface area contributed by atoms with Crippen LogP contribution in [0.2, 0.25) is 0 Å². The molecule has 0 aromatic heterocycles. The molecule has 0 radical (unpaired) electrons. The van der Waals surface area contributed by atoms with Gasteiger partial charge in [0.15, 0.2) is 0 Å². The third kappa shape index (κ3) is 5.10. The van der Waals surface area contributed by atoms with E-state index < -0.39 is 0 Å². The minimum atomic E-state index is -0.212. The Morgan fingerprint density at radius 1 is 1.14 bits per heavy atom. The number of para-hydroxylation sites is 1. The van der Waals surface area contributed by atoms with Crippen LogP contribution in [-0.2, 0) is 9.53 Å². The number of ether oxygens (including phenoxy) is 2. The van der Waals surface area contributed by atoms with E-state index in [0.717, 1.165) is 18.4 Å². The van der Waals surface area contributed by atoms with Gasteiger partial charge in [0, 0.05) is 25.3 Å². The van der Waals surface area contributed by atoms with Crippen LogP contribution in [0.15, 0.2) is 48.5 Å². The fourth-order valence-electron chi connectivity index (χ4n) is 3.36. The predicted octanol–water partition coefficient (Wildman–Crippen LogP) is 3.69. The van der Waals surface area contributed by atoms with Crippen molar-refractivity contribution >= 4 is 17.5 Å². The molecule has 1 fully saturated rings. The van der Waals surface area contributed by atoms with Crippen molar-refractivity contribution in [2.45, 2.75) is 38.8 Å². The average Bonchev–Trinajstić information content (AvgIpc) is 2.69. The lowest BCUT2D eigenvalue weighted by molar-refractivity contribution is -0.120. The lowest BCUT2D eigenvalue weighted by atomic mass is 9.97. The van der Waals surface area contributed by atoms with E-state index in [9.17, 15) is 9.59 Å². The van der Waals surface area contributed by atoms with Crippen LogP contribution in [0.4, 0.5) is 5.69 Å². The third-order valence-corrected chi connectivity index (χ3v) is 4.66. The summed E-state index contributed by atoms with van der Waals surface area (Å²) in [6.07, 6.45) is 1.50. The molecular weight excluding hydrogens is 356 g/mol. The summed E-state index contributed by atoms with van der Waals surface area (Å²) in [5.74, 6) is 0.339. The maximum Gasteiger partial charge on any atom is 0.259 e. The molecule has 0 bridgehead atoms. The summed E-state index contributed by atoms with van der Waals surface area (Å²) in [5, 5.41) is 5.87. The van der Waals surface area contributed by atoms with Crippen molar-refractivity contribution in [2.24, 2.45) is 0 Å².